The third-order valence-corrected chi connectivity index (χ3v) is 6.09. The van der Waals surface area contributed by atoms with Crippen molar-refractivity contribution in [3.8, 4) is 0 Å². The summed E-state index contributed by atoms with van der Waals surface area (Å²) in [4.78, 5) is 33.5. The van der Waals surface area contributed by atoms with Crippen LogP contribution in [0.2, 0.25) is 0 Å². The van der Waals surface area contributed by atoms with Crippen molar-refractivity contribution in [1.82, 2.24) is 14.8 Å². The van der Waals surface area contributed by atoms with Crippen LogP contribution in [0.4, 0.5) is 10.5 Å². The number of aromatic nitrogens is 1. The SMILES string of the molecule is CN(Cc1ccccc1)C(=O)c1cnc2cccc(NC3CCN(C(=O)OC(C)(C)C)CC3)c2c1. The molecule has 1 saturated heterocycles. The van der Waals surface area contributed by atoms with E-state index in [-0.39, 0.29) is 18.0 Å². The Morgan fingerprint density at radius 1 is 1.09 bits per heavy atom. The summed E-state index contributed by atoms with van der Waals surface area (Å²) in [6.07, 6.45) is 3.03. The van der Waals surface area contributed by atoms with E-state index in [9.17, 15) is 9.59 Å². The fraction of sp³-hybridized carbons (Fsp3) is 0.393. The van der Waals surface area contributed by atoms with Crippen molar-refractivity contribution in [3.63, 3.8) is 0 Å². The van der Waals surface area contributed by atoms with Crippen LogP contribution >= 0.6 is 0 Å². The van der Waals surface area contributed by atoms with Gasteiger partial charge in [-0.05, 0) is 57.4 Å². The molecule has 1 aliphatic rings. The average Bonchev–Trinajstić information content (AvgIpc) is 2.83. The number of amides is 2. The molecule has 0 aliphatic carbocycles. The number of ether oxygens (including phenoxy) is 1. The van der Waals surface area contributed by atoms with E-state index in [4.69, 9.17) is 4.74 Å². The zero-order valence-electron chi connectivity index (χ0n) is 21.0. The molecule has 0 atom stereocenters. The van der Waals surface area contributed by atoms with Crippen molar-refractivity contribution >= 4 is 28.6 Å². The van der Waals surface area contributed by atoms with E-state index in [2.05, 4.69) is 10.3 Å². The van der Waals surface area contributed by atoms with Crippen LogP contribution in [-0.4, -0.2) is 58.6 Å². The number of hydrogen-bond acceptors (Lipinski definition) is 5. The van der Waals surface area contributed by atoms with Gasteiger partial charge in [-0.2, -0.15) is 0 Å². The van der Waals surface area contributed by atoms with Gasteiger partial charge in [0.25, 0.3) is 5.91 Å². The Morgan fingerprint density at radius 3 is 2.49 bits per heavy atom. The minimum absolute atomic E-state index is 0.0660. The normalized spacial score (nSPS) is 14.6. The summed E-state index contributed by atoms with van der Waals surface area (Å²) in [5.74, 6) is -0.0660. The minimum Gasteiger partial charge on any atom is -0.444 e. The van der Waals surface area contributed by atoms with Crippen molar-refractivity contribution in [2.45, 2.75) is 51.8 Å². The molecule has 2 heterocycles. The largest absolute Gasteiger partial charge is 0.444 e. The highest BCUT2D eigenvalue weighted by atomic mass is 16.6. The highest BCUT2D eigenvalue weighted by Gasteiger charge is 2.27. The van der Waals surface area contributed by atoms with Crippen molar-refractivity contribution < 1.29 is 14.3 Å². The molecule has 2 aromatic carbocycles. The Labute approximate surface area is 207 Å². The maximum absolute atomic E-state index is 13.1. The third kappa shape index (κ3) is 6.29. The molecule has 0 saturated carbocycles. The van der Waals surface area contributed by atoms with Gasteiger partial charge >= 0.3 is 6.09 Å². The Kier molecular flexibility index (Phi) is 7.24. The molecule has 0 bridgehead atoms. The number of nitrogens with one attached hydrogen (secondary N) is 1. The van der Waals surface area contributed by atoms with Gasteiger partial charge < -0.3 is 19.9 Å². The second-order valence-electron chi connectivity index (χ2n) is 10.1. The maximum atomic E-state index is 13.1. The number of piperidine rings is 1. The van der Waals surface area contributed by atoms with Gasteiger partial charge in [-0.15, -0.1) is 0 Å². The second kappa shape index (κ2) is 10.3. The molecule has 2 amide bonds. The zero-order chi connectivity index (χ0) is 25.0. The second-order valence-corrected chi connectivity index (χ2v) is 10.1. The van der Waals surface area contributed by atoms with E-state index in [1.54, 1.807) is 16.0 Å². The summed E-state index contributed by atoms with van der Waals surface area (Å²) >= 11 is 0. The molecule has 35 heavy (non-hydrogen) atoms. The van der Waals surface area contributed by atoms with Gasteiger partial charge in [-0.1, -0.05) is 36.4 Å². The lowest BCUT2D eigenvalue weighted by atomic mass is 10.0. The molecule has 1 aromatic heterocycles. The molecule has 184 valence electrons. The predicted molar refractivity (Wildman–Crippen MR) is 138 cm³/mol. The van der Waals surface area contributed by atoms with E-state index in [1.165, 1.54) is 0 Å². The van der Waals surface area contributed by atoms with Crippen LogP contribution in [0, 0.1) is 0 Å². The first kappa shape index (κ1) is 24.5. The molecule has 4 rings (SSSR count). The molecule has 1 fully saturated rings. The minimum atomic E-state index is -0.494. The molecule has 3 aromatic rings. The van der Waals surface area contributed by atoms with Crippen LogP contribution in [0.5, 0.6) is 0 Å². The first-order chi connectivity index (χ1) is 16.7. The van der Waals surface area contributed by atoms with Crippen molar-refractivity contribution in [2.75, 3.05) is 25.5 Å². The lowest BCUT2D eigenvalue weighted by Crippen LogP contribution is -2.44. The summed E-state index contributed by atoms with van der Waals surface area (Å²) in [7, 11) is 1.81. The number of fused-ring (bicyclic) bond motifs is 1. The smallest absolute Gasteiger partial charge is 0.410 e. The molecule has 0 unspecified atom stereocenters. The highest BCUT2D eigenvalue weighted by Crippen LogP contribution is 2.26. The van der Waals surface area contributed by atoms with Crippen LogP contribution in [0.25, 0.3) is 10.9 Å². The first-order valence-corrected chi connectivity index (χ1v) is 12.1. The van der Waals surface area contributed by atoms with E-state index < -0.39 is 5.60 Å². The van der Waals surface area contributed by atoms with Gasteiger partial charge in [0.1, 0.15) is 5.60 Å². The summed E-state index contributed by atoms with van der Waals surface area (Å²) in [5.41, 5.74) is 2.93. The van der Waals surface area contributed by atoms with Gasteiger partial charge in [0.05, 0.1) is 11.1 Å². The first-order valence-electron chi connectivity index (χ1n) is 12.1. The topological polar surface area (TPSA) is 74.8 Å². The molecule has 0 radical (unpaired) electrons. The summed E-state index contributed by atoms with van der Waals surface area (Å²) in [6.45, 7) is 7.46. The number of likely N-dealkylation sites (tertiary alicyclic amines) is 1. The number of benzene rings is 2. The molecule has 7 heteroatoms. The number of anilines is 1. The molecule has 0 spiro atoms. The molecule has 7 nitrogen and oxygen atoms in total. The Hall–Kier alpha value is -3.61. The third-order valence-electron chi connectivity index (χ3n) is 6.09. The van der Waals surface area contributed by atoms with Gasteiger partial charge in [0, 0.05) is 50.0 Å². The van der Waals surface area contributed by atoms with E-state index in [0.717, 1.165) is 35.0 Å². The zero-order valence-corrected chi connectivity index (χ0v) is 21.0. The molecular weight excluding hydrogens is 440 g/mol. The monoisotopic (exact) mass is 474 g/mol. The van der Waals surface area contributed by atoms with Crippen molar-refractivity contribution in [2.24, 2.45) is 0 Å². The van der Waals surface area contributed by atoms with Crippen LogP contribution in [0.3, 0.4) is 0 Å². The molecule has 1 aliphatic heterocycles. The predicted octanol–water partition coefficient (Wildman–Crippen LogP) is 5.32. The van der Waals surface area contributed by atoms with Gasteiger partial charge in [0.15, 0.2) is 0 Å². The number of carbonyl (C=O) groups excluding carboxylic acids is 2. The molecular formula is C28H34N4O3. The number of pyridine rings is 1. The quantitative estimate of drug-likeness (QED) is 0.542. The van der Waals surface area contributed by atoms with Crippen LogP contribution < -0.4 is 5.32 Å². The lowest BCUT2D eigenvalue weighted by Gasteiger charge is -2.34. The van der Waals surface area contributed by atoms with E-state index >= 15 is 0 Å². The van der Waals surface area contributed by atoms with E-state index in [0.29, 0.717) is 25.2 Å². The number of carbonyl (C=O) groups is 2. The van der Waals surface area contributed by atoms with Crippen LogP contribution in [0.1, 0.15) is 49.5 Å². The maximum Gasteiger partial charge on any atom is 0.410 e. The van der Waals surface area contributed by atoms with Crippen LogP contribution in [-0.2, 0) is 11.3 Å². The number of hydrogen-bond donors (Lipinski definition) is 1. The van der Waals surface area contributed by atoms with Gasteiger partial charge in [-0.3, -0.25) is 9.78 Å². The Bertz CT molecular complexity index is 1180. The lowest BCUT2D eigenvalue weighted by molar-refractivity contribution is 0.0210. The summed E-state index contributed by atoms with van der Waals surface area (Å²) < 4.78 is 5.50. The fourth-order valence-electron chi connectivity index (χ4n) is 4.29. The summed E-state index contributed by atoms with van der Waals surface area (Å²) in [6, 6.07) is 18.0. The van der Waals surface area contributed by atoms with Gasteiger partial charge in [0.2, 0.25) is 0 Å². The summed E-state index contributed by atoms with van der Waals surface area (Å²) in [5, 5.41) is 4.54. The highest BCUT2D eigenvalue weighted by molar-refractivity contribution is 6.00. The Balaban J connectivity index is 1.44. The fourth-order valence-corrected chi connectivity index (χ4v) is 4.29. The van der Waals surface area contributed by atoms with Crippen molar-refractivity contribution in [1.29, 1.82) is 0 Å². The number of nitrogens with zero attached hydrogens (tertiary/aromatic N) is 3. The van der Waals surface area contributed by atoms with Crippen molar-refractivity contribution in [3.05, 3.63) is 71.9 Å². The van der Waals surface area contributed by atoms with E-state index in [1.807, 2.05) is 82.4 Å². The standard InChI is InChI=1S/C28H34N4O3/c1-28(2,3)35-27(34)32-15-13-22(14-16-32)30-25-12-8-11-24-23(25)17-21(18-29-24)26(33)31(4)19-20-9-6-5-7-10-20/h5-12,17-18,22,30H,13-16,19H2,1-4H3. The Morgan fingerprint density at radius 2 is 1.80 bits per heavy atom. The molecule has 1 N–H and O–H groups in total. The number of rotatable bonds is 5. The van der Waals surface area contributed by atoms with Crippen LogP contribution in [0.15, 0.2) is 60.8 Å². The average molecular weight is 475 g/mol. The van der Waals surface area contributed by atoms with Gasteiger partial charge in [-0.25, -0.2) is 4.79 Å².